The van der Waals surface area contributed by atoms with E-state index >= 15 is 0 Å². The number of carbonyl (C=O) groups excluding carboxylic acids is 1. The highest BCUT2D eigenvalue weighted by Gasteiger charge is 2.31. The predicted molar refractivity (Wildman–Crippen MR) is 115 cm³/mol. The summed E-state index contributed by atoms with van der Waals surface area (Å²) in [5, 5.41) is 5.87. The van der Waals surface area contributed by atoms with E-state index in [9.17, 15) is 13.2 Å². The van der Waals surface area contributed by atoms with Crippen LogP contribution in [-0.2, 0) is 14.8 Å². The molecule has 1 amide bonds. The van der Waals surface area contributed by atoms with Gasteiger partial charge in [-0.05, 0) is 42.8 Å². The van der Waals surface area contributed by atoms with Gasteiger partial charge in [0.2, 0.25) is 15.9 Å². The maximum absolute atomic E-state index is 12.4. The lowest BCUT2D eigenvalue weighted by molar-refractivity contribution is -0.117. The fourth-order valence-electron chi connectivity index (χ4n) is 2.95. The van der Waals surface area contributed by atoms with E-state index in [1.54, 1.807) is 24.3 Å². The molecule has 0 bridgehead atoms. The van der Waals surface area contributed by atoms with Crippen molar-refractivity contribution in [2.24, 2.45) is 5.73 Å². The van der Waals surface area contributed by atoms with Crippen molar-refractivity contribution >= 4 is 34.0 Å². The number of nitrogens with one attached hydrogen (secondary N) is 3. The van der Waals surface area contributed by atoms with Crippen LogP contribution in [0.4, 0.5) is 5.69 Å². The summed E-state index contributed by atoms with van der Waals surface area (Å²) in [5.74, 6) is 1.06. The third-order valence-corrected chi connectivity index (χ3v) is 5.75. The van der Waals surface area contributed by atoms with Crippen LogP contribution in [0.2, 0.25) is 0 Å². The second-order valence-electron chi connectivity index (χ2n) is 6.55. The van der Waals surface area contributed by atoms with Crippen LogP contribution in [0.5, 0.6) is 11.5 Å². The molecule has 1 unspecified atom stereocenters. The average Bonchev–Trinajstić information content (AvgIpc) is 3.12. The van der Waals surface area contributed by atoms with E-state index in [1.807, 2.05) is 30.3 Å². The number of para-hydroxylation sites is 1. The monoisotopic (exact) mass is 440 g/mol. The molecule has 2 aromatic rings. The van der Waals surface area contributed by atoms with Crippen molar-refractivity contribution in [2.75, 3.05) is 24.2 Å². The first-order valence-corrected chi connectivity index (χ1v) is 10.7. The van der Waals surface area contributed by atoms with Gasteiger partial charge in [0.15, 0.2) is 0 Å². The van der Waals surface area contributed by atoms with Crippen molar-refractivity contribution in [2.45, 2.75) is 18.5 Å². The Kier molecular flexibility index (Phi) is 8.42. The Morgan fingerprint density at radius 3 is 2.41 bits per heavy atom. The zero-order chi connectivity index (χ0) is 20.0. The molecule has 1 fully saturated rings. The Morgan fingerprint density at radius 2 is 1.76 bits per heavy atom. The summed E-state index contributed by atoms with van der Waals surface area (Å²) in [5.41, 5.74) is 5.93. The SMILES string of the molecule is Cl.NCCS(=O)(=O)NC1CN[C@H](C(=O)Nc2ccc(Oc3ccccc3)cc2)C1. The van der Waals surface area contributed by atoms with Crippen molar-refractivity contribution in [3.63, 3.8) is 0 Å². The second kappa shape index (κ2) is 10.6. The highest BCUT2D eigenvalue weighted by Crippen LogP contribution is 2.23. The fourth-order valence-corrected chi connectivity index (χ4v) is 4.07. The van der Waals surface area contributed by atoms with Crippen molar-refractivity contribution in [3.05, 3.63) is 54.6 Å². The van der Waals surface area contributed by atoms with Crippen LogP contribution in [-0.4, -0.2) is 45.3 Å². The molecule has 0 radical (unpaired) electrons. The molecule has 2 atom stereocenters. The molecular formula is C19H25ClN4O4S. The maximum atomic E-state index is 12.4. The van der Waals surface area contributed by atoms with Gasteiger partial charge < -0.3 is 21.1 Å². The average molecular weight is 441 g/mol. The lowest BCUT2D eigenvalue weighted by Crippen LogP contribution is -2.39. The number of amides is 1. The van der Waals surface area contributed by atoms with Gasteiger partial charge in [0.1, 0.15) is 11.5 Å². The smallest absolute Gasteiger partial charge is 0.241 e. The van der Waals surface area contributed by atoms with Crippen molar-refractivity contribution in [1.82, 2.24) is 10.0 Å². The van der Waals surface area contributed by atoms with Crippen LogP contribution >= 0.6 is 12.4 Å². The first kappa shape index (κ1) is 23.1. The Labute approximate surface area is 176 Å². The van der Waals surface area contributed by atoms with Crippen molar-refractivity contribution < 1.29 is 17.9 Å². The van der Waals surface area contributed by atoms with E-state index in [1.165, 1.54) is 0 Å². The standard InChI is InChI=1S/C19H24N4O4S.ClH/c20-10-11-28(25,26)23-15-12-18(21-13-15)19(24)22-14-6-8-17(9-7-14)27-16-4-2-1-3-5-16;/h1-9,15,18,21,23H,10-13,20H2,(H,22,24);1H/t15?,18-;/m0./s1. The van der Waals surface area contributed by atoms with E-state index < -0.39 is 16.1 Å². The number of hydrogen-bond acceptors (Lipinski definition) is 6. The van der Waals surface area contributed by atoms with Gasteiger partial charge in [-0.15, -0.1) is 12.4 Å². The highest BCUT2D eigenvalue weighted by atomic mass is 35.5. The van der Waals surface area contributed by atoms with E-state index in [0.717, 1.165) is 5.75 Å². The van der Waals surface area contributed by atoms with Crippen LogP contribution in [0, 0.1) is 0 Å². The molecule has 1 heterocycles. The number of anilines is 1. The first-order valence-electron chi connectivity index (χ1n) is 9.02. The van der Waals surface area contributed by atoms with Crippen molar-refractivity contribution in [3.8, 4) is 11.5 Å². The van der Waals surface area contributed by atoms with Crippen LogP contribution in [0.15, 0.2) is 54.6 Å². The molecule has 5 N–H and O–H groups in total. The van der Waals surface area contributed by atoms with Crippen LogP contribution in [0.1, 0.15) is 6.42 Å². The number of carbonyl (C=O) groups is 1. The third kappa shape index (κ3) is 6.98. The fraction of sp³-hybridized carbons (Fsp3) is 0.316. The maximum Gasteiger partial charge on any atom is 0.241 e. The summed E-state index contributed by atoms with van der Waals surface area (Å²) < 4.78 is 31.9. The molecule has 158 valence electrons. The third-order valence-electron chi connectivity index (χ3n) is 4.28. The van der Waals surface area contributed by atoms with E-state index in [0.29, 0.717) is 24.4 Å². The summed E-state index contributed by atoms with van der Waals surface area (Å²) in [6.45, 7) is 0.453. The molecule has 0 aliphatic carbocycles. The lowest BCUT2D eigenvalue weighted by Gasteiger charge is -2.13. The molecule has 10 heteroatoms. The summed E-state index contributed by atoms with van der Waals surface area (Å²) in [7, 11) is -3.41. The van der Waals surface area contributed by atoms with Gasteiger partial charge in [-0.3, -0.25) is 4.79 Å². The quantitative estimate of drug-likeness (QED) is 0.492. The second-order valence-corrected chi connectivity index (χ2v) is 8.42. The number of halogens is 1. The zero-order valence-corrected chi connectivity index (χ0v) is 17.3. The minimum Gasteiger partial charge on any atom is -0.457 e. The topological polar surface area (TPSA) is 123 Å². The Balaban J connectivity index is 0.00000300. The molecule has 0 aromatic heterocycles. The molecule has 8 nitrogen and oxygen atoms in total. The summed E-state index contributed by atoms with van der Waals surface area (Å²) in [4.78, 5) is 12.4. The van der Waals surface area contributed by atoms with E-state index in [2.05, 4.69) is 15.4 Å². The Morgan fingerprint density at radius 1 is 1.10 bits per heavy atom. The number of rotatable bonds is 8. The lowest BCUT2D eigenvalue weighted by atomic mass is 10.1. The molecule has 29 heavy (non-hydrogen) atoms. The molecule has 3 rings (SSSR count). The number of sulfonamides is 1. The first-order chi connectivity index (χ1) is 13.4. The minimum atomic E-state index is -3.41. The van der Waals surface area contributed by atoms with Gasteiger partial charge >= 0.3 is 0 Å². The Hall–Kier alpha value is -2.17. The van der Waals surface area contributed by atoms with Gasteiger partial charge in [0.05, 0.1) is 11.8 Å². The van der Waals surface area contributed by atoms with Crippen molar-refractivity contribution in [1.29, 1.82) is 0 Å². The zero-order valence-electron chi connectivity index (χ0n) is 15.7. The number of nitrogens with two attached hydrogens (primary N) is 1. The van der Waals surface area contributed by atoms with Crippen LogP contribution < -0.4 is 25.8 Å². The molecule has 2 aromatic carbocycles. The number of hydrogen-bond donors (Lipinski definition) is 4. The number of ether oxygens (including phenoxy) is 1. The molecular weight excluding hydrogens is 416 g/mol. The van der Waals surface area contributed by atoms with Gasteiger partial charge in [-0.1, -0.05) is 18.2 Å². The van der Waals surface area contributed by atoms with Gasteiger partial charge in [0.25, 0.3) is 0 Å². The Bertz CT molecular complexity index is 894. The van der Waals surface area contributed by atoms with Crippen LogP contribution in [0.3, 0.4) is 0 Å². The molecule has 0 spiro atoms. The summed E-state index contributed by atoms with van der Waals surface area (Å²) in [6, 6.07) is 15.7. The minimum absolute atomic E-state index is 0. The summed E-state index contributed by atoms with van der Waals surface area (Å²) in [6.07, 6.45) is 0.380. The van der Waals surface area contributed by atoms with Gasteiger partial charge in [-0.25, -0.2) is 13.1 Å². The van der Waals surface area contributed by atoms with Crippen LogP contribution in [0.25, 0.3) is 0 Å². The molecule has 1 saturated heterocycles. The van der Waals surface area contributed by atoms with E-state index in [-0.39, 0.29) is 36.7 Å². The molecule has 1 aliphatic rings. The normalized spacial score (nSPS) is 18.7. The van der Waals surface area contributed by atoms with Gasteiger partial charge in [0, 0.05) is 24.8 Å². The largest absolute Gasteiger partial charge is 0.457 e. The highest BCUT2D eigenvalue weighted by molar-refractivity contribution is 7.89. The summed E-state index contributed by atoms with van der Waals surface area (Å²) >= 11 is 0. The number of benzene rings is 2. The van der Waals surface area contributed by atoms with Gasteiger partial charge in [-0.2, -0.15) is 0 Å². The molecule has 1 aliphatic heterocycles. The molecule has 0 saturated carbocycles. The predicted octanol–water partition coefficient (Wildman–Crippen LogP) is 1.45. The van der Waals surface area contributed by atoms with E-state index in [4.69, 9.17) is 10.5 Å².